The van der Waals surface area contributed by atoms with Crippen LogP contribution in [0, 0.1) is 0 Å². The highest BCUT2D eigenvalue weighted by Crippen LogP contribution is 2.27. The van der Waals surface area contributed by atoms with Crippen LogP contribution in [0.15, 0.2) is 59.3 Å². The number of hydrogen-bond donors (Lipinski definition) is 2. The monoisotopic (exact) mass is 434 g/mol. The summed E-state index contributed by atoms with van der Waals surface area (Å²) in [6.07, 6.45) is 3.35. The maximum Gasteiger partial charge on any atom is 0.323 e. The number of anilines is 2. The van der Waals surface area contributed by atoms with E-state index in [9.17, 15) is 4.79 Å². The van der Waals surface area contributed by atoms with Gasteiger partial charge in [-0.25, -0.2) is 4.79 Å². The smallest absolute Gasteiger partial charge is 0.323 e. The van der Waals surface area contributed by atoms with Crippen LogP contribution < -0.4 is 15.4 Å². The summed E-state index contributed by atoms with van der Waals surface area (Å²) < 4.78 is 7.98. The number of urea groups is 1. The van der Waals surface area contributed by atoms with Gasteiger partial charge < -0.3 is 15.4 Å². The molecule has 6 nitrogen and oxygen atoms in total. The molecule has 0 saturated heterocycles. The van der Waals surface area contributed by atoms with Crippen LogP contribution in [-0.2, 0) is 6.54 Å². The van der Waals surface area contributed by atoms with Gasteiger partial charge in [0.2, 0.25) is 0 Å². The lowest BCUT2D eigenvalue weighted by Gasteiger charge is -2.10. The first-order chi connectivity index (χ1) is 12.5. The van der Waals surface area contributed by atoms with Gasteiger partial charge in [0.15, 0.2) is 0 Å². The van der Waals surface area contributed by atoms with Gasteiger partial charge >= 0.3 is 6.03 Å². The lowest BCUT2D eigenvalue weighted by atomic mass is 10.2. The molecule has 0 saturated carbocycles. The number of amides is 2. The summed E-state index contributed by atoms with van der Waals surface area (Å²) in [5.41, 5.74) is 2.18. The van der Waals surface area contributed by atoms with Crippen LogP contribution in [0.25, 0.3) is 0 Å². The molecule has 3 aromatic rings. The van der Waals surface area contributed by atoms with E-state index in [4.69, 9.17) is 16.3 Å². The number of hydrogen-bond acceptors (Lipinski definition) is 3. The van der Waals surface area contributed by atoms with Crippen molar-refractivity contribution in [1.29, 1.82) is 0 Å². The minimum Gasteiger partial charge on any atom is -0.495 e. The number of carbonyl (C=O) groups excluding carboxylic acids is 1. The fourth-order valence-corrected chi connectivity index (χ4v) is 2.79. The van der Waals surface area contributed by atoms with Crippen molar-refractivity contribution in [2.45, 2.75) is 6.54 Å². The van der Waals surface area contributed by atoms with E-state index in [0.29, 0.717) is 28.7 Å². The quantitative estimate of drug-likeness (QED) is 0.592. The molecular formula is C18H16BrClN4O2. The molecule has 0 aliphatic heterocycles. The summed E-state index contributed by atoms with van der Waals surface area (Å²) in [4.78, 5) is 12.2. The fraction of sp³-hybridized carbons (Fsp3) is 0.111. The zero-order valence-corrected chi connectivity index (χ0v) is 16.2. The van der Waals surface area contributed by atoms with E-state index >= 15 is 0 Å². The second-order valence-electron chi connectivity index (χ2n) is 5.48. The molecule has 2 aromatic carbocycles. The van der Waals surface area contributed by atoms with Crippen molar-refractivity contribution >= 4 is 44.9 Å². The maximum absolute atomic E-state index is 12.2. The molecule has 0 atom stereocenters. The molecule has 0 radical (unpaired) electrons. The van der Waals surface area contributed by atoms with Crippen LogP contribution in [0.2, 0.25) is 5.02 Å². The van der Waals surface area contributed by atoms with Gasteiger partial charge in [-0.3, -0.25) is 4.68 Å². The van der Waals surface area contributed by atoms with Gasteiger partial charge in [-0.1, -0.05) is 39.7 Å². The molecule has 0 aliphatic rings. The average molecular weight is 436 g/mol. The van der Waals surface area contributed by atoms with E-state index in [2.05, 4.69) is 31.7 Å². The Morgan fingerprint density at radius 3 is 2.73 bits per heavy atom. The molecule has 1 heterocycles. The van der Waals surface area contributed by atoms with E-state index < -0.39 is 6.03 Å². The van der Waals surface area contributed by atoms with E-state index in [1.54, 1.807) is 35.3 Å². The molecule has 8 heteroatoms. The number of nitrogens with zero attached hydrogens (tertiary/aromatic N) is 2. The second-order valence-corrected chi connectivity index (χ2v) is 6.83. The third kappa shape index (κ3) is 4.77. The topological polar surface area (TPSA) is 68.2 Å². The first kappa shape index (κ1) is 18.3. The highest BCUT2D eigenvalue weighted by molar-refractivity contribution is 9.10. The Kier molecular flexibility index (Phi) is 5.80. The van der Waals surface area contributed by atoms with E-state index in [-0.39, 0.29) is 0 Å². The van der Waals surface area contributed by atoms with Gasteiger partial charge in [-0.2, -0.15) is 5.10 Å². The van der Waals surface area contributed by atoms with Crippen molar-refractivity contribution < 1.29 is 9.53 Å². The van der Waals surface area contributed by atoms with Crippen molar-refractivity contribution in [3.05, 3.63) is 69.9 Å². The van der Waals surface area contributed by atoms with Gasteiger partial charge in [0.1, 0.15) is 5.75 Å². The third-order valence-corrected chi connectivity index (χ3v) is 4.32. The molecule has 0 spiro atoms. The normalized spacial score (nSPS) is 10.4. The van der Waals surface area contributed by atoms with Crippen LogP contribution in [0.5, 0.6) is 5.75 Å². The number of carbonyl (C=O) groups is 1. The molecule has 26 heavy (non-hydrogen) atoms. The Hall–Kier alpha value is -2.51. The molecule has 2 N–H and O–H groups in total. The summed E-state index contributed by atoms with van der Waals surface area (Å²) >= 11 is 9.37. The number of methoxy groups -OCH3 is 1. The Balaban J connectivity index is 1.62. The predicted molar refractivity (Wildman–Crippen MR) is 106 cm³/mol. The predicted octanol–water partition coefficient (Wildman–Crippen LogP) is 5.00. The van der Waals surface area contributed by atoms with Crippen molar-refractivity contribution in [3.63, 3.8) is 0 Å². The van der Waals surface area contributed by atoms with Crippen LogP contribution in [0.4, 0.5) is 16.2 Å². The largest absolute Gasteiger partial charge is 0.495 e. The Morgan fingerprint density at radius 1 is 1.23 bits per heavy atom. The zero-order chi connectivity index (χ0) is 18.5. The number of benzene rings is 2. The minimum atomic E-state index is -0.409. The van der Waals surface area contributed by atoms with Crippen molar-refractivity contribution in [3.8, 4) is 5.75 Å². The van der Waals surface area contributed by atoms with Crippen LogP contribution >= 0.6 is 27.5 Å². The third-order valence-electron chi connectivity index (χ3n) is 3.56. The van der Waals surface area contributed by atoms with Crippen molar-refractivity contribution in [2.24, 2.45) is 0 Å². The summed E-state index contributed by atoms with van der Waals surface area (Å²) in [5, 5.41) is 10.2. The molecule has 0 fully saturated rings. The average Bonchev–Trinajstić information content (AvgIpc) is 3.04. The molecule has 2 amide bonds. The SMILES string of the molecule is COc1ccc(Cl)cc1NC(=O)Nc1cnn(Cc2ccc(Br)cc2)c1. The summed E-state index contributed by atoms with van der Waals surface area (Å²) in [6, 6.07) is 12.6. The summed E-state index contributed by atoms with van der Waals surface area (Å²) in [6.45, 7) is 0.610. The number of rotatable bonds is 5. The highest BCUT2D eigenvalue weighted by Gasteiger charge is 2.09. The van der Waals surface area contributed by atoms with Crippen LogP contribution in [0.1, 0.15) is 5.56 Å². The van der Waals surface area contributed by atoms with E-state index in [1.807, 2.05) is 24.3 Å². The molecule has 1 aromatic heterocycles. The van der Waals surface area contributed by atoms with Gasteiger partial charge in [-0.15, -0.1) is 0 Å². The number of aromatic nitrogens is 2. The minimum absolute atomic E-state index is 0.409. The number of nitrogens with one attached hydrogen (secondary N) is 2. The van der Waals surface area contributed by atoms with Crippen LogP contribution in [0.3, 0.4) is 0 Å². The van der Waals surface area contributed by atoms with Gasteiger partial charge in [0.05, 0.1) is 31.2 Å². The Morgan fingerprint density at radius 2 is 2.00 bits per heavy atom. The molecule has 0 aliphatic carbocycles. The molecule has 134 valence electrons. The number of ether oxygens (including phenoxy) is 1. The standard InChI is InChI=1S/C18H16BrClN4O2/c1-26-17-7-6-14(20)8-16(17)23-18(25)22-15-9-21-24(11-15)10-12-2-4-13(19)5-3-12/h2-9,11H,10H2,1H3,(H2,22,23,25). The molecular weight excluding hydrogens is 420 g/mol. The molecule has 0 bridgehead atoms. The lowest BCUT2D eigenvalue weighted by Crippen LogP contribution is -2.19. The second kappa shape index (κ2) is 8.25. The highest BCUT2D eigenvalue weighted by atomic mass is 79.9. The molecule has 3 rings (SSSR count). The van der Waals surface area contributed by atoms with Crippen LogP contribution in [-0.4, -0.2) is 22.9 Å². The first-order valence-corrected chi connectivity index (χ1v) is 8.89. The van der Waals surface area contributed by atoms with Crippen molar-refractivity contribution in [1.82, 2.24) is 9.78 Å². The summed E-state index contributed by atoms with van der Waals surface area (Å²) in [7, 11) is 1.53. The maximum atomic E-state index is 12.2. The van der Waals surface area contributed by atoms with E-state index in [1.165, 1.54) is 7.11 Å². The Labute approximate surface area is 164 Å². The first-order valence-electron chi connectivity index (χ1n) is 7.72. The zero-order valence-electron chi connectivity index (χ0n) is 13.9. The number of halogens is 2. The fourth-order valence-electron chi connectivity index (χ4n) is 2.35. The summed E-state index contributed by atoms with van der Waals surface area (Å²) in [5.74, 6) is 0.524. The van der Waals surface area contributed by atoms with E-state index in [0.717, 1.165) is 10.0 Å². The lowest BCUT2D eigenvalue weighted by molar-refractivity contribution is 0.262. The van der Waals surface area contributed by atoms with Gasteiger partial charge in [-0.05, 0) is 35.9 Å². The Bertz CT molecular complexity index is 912. The van der Waals surface area contributed by atoms with Gasteiger partial charge in [0, 0.05) is 15.7 Å². The van der Waals surface area contributed by atoms with Gasteiger partial charge in [0.25, 0.3) is 0 Å². The molecule has 0 unspecified atom stereocenters. The van der Waals surface area contributed by atoms with Crippen molar-refractivity contribution in [2.75, 3.05) is 17.7 Å².